The number of aromatic nitrogens is 10. The van der Waals surface area contributed by atoms with E-state index in [1.807, 2.05) is 0 Å². The highest BCUT2D eigenvalue weighted by Crippen LogP contribution is 2.33. The lowest BCUT2D eigenvalue weighted by Gasteiger charge is -2.35. The zero-order valence-electron chi connectivity index (χ0n) is 39.1. The molecule has 0 N–H and O–H groups in total. The summed E-state index contributed by atoms with van der Waals surface area (Å²) in [6.45, 7) is 0. The van der Waals surface area contributed by atoms with Crippen molar-refractivity contribution in [1.29, 1.82) is 0 Å². The van der Waals surface area contributed by atoms with Gasteiger partial charge in [-0.1, -0.05) is 146 Å². The average Bonchev–Trinajstić information content (AvgIpc) is 4.30. The van der Waals surface area contributed by atoms with Crippen LogP contribution in [0.4, 0.5) is 0 Å². The van der Waals surface area contributed by atoms with Crippen molar-refractivity contribution in [2.45, 2.75) is 0 Å². The summed E-state index contributed by atoms with van der Waals surface area (Å²) in [4.78, 5) is 21.9. The zero-order chi connectivity index (χ0) is 47.8. The minimum atomic E-state index is -3.39. The van der Waals surface area contributed by atoms with Gasteiger partial charge in [-0.05, 0) is 118 Å². The van der Waals surface area contributed by atoms with Crippen LogP contribution in [0.25, 0.3) is 101 Å². The van der Waals surface area contributed by atoms with Gasteiger partial charge in [0.1, 0.15) is 11.6 Å². The van der Waals surface area contributed by atoms with Gasteiger partial charge in [0.25, 0.3) is 0 Å². The van der Waals surface area contributed by atoms with E-state index in [1.54, 1.807) is 0 Å². The molecule has 0 radical (unpaired) electrons. The maximum atomic E-state index is 5.83. The third-order valence-corrected chi connectivity index (χ3v) is 19.7. The molecule has 10 nitrogen and oxygen atoms in total. The third kappa shape index (κ3) is 5.50. The van der Waals surface area contributed by atoms with Crippen LogP contribution in [-0.4, -0.2) is 54.9 Å². The molecule has 0 atom stereocenters. The van der Waals surface area contributed by atoms with Gasteiger partial charge in [-0.25, -0.2) is 19.9 Å². The van der Waals surface area contributed by atoms with E-state index in [-0.39, 0.29) is 0 Å². The second kappa shape index (κ2) is 15.1. The number of hydrogen-bond acceptors (Lipinski definition) is 4. The molecule has 0 aliphatic carbocycles. The fraction of sp³-hybridized carbons (Fsp3) is 0. The number of fused-ring (bicyclic) bond motifs is 15. The summed E-state index contributed by atoms with van der Waals surface area (Å²) < 4.78 is 13.7. The summed E-state index contributed by atoms with van der Waals surface area (Å²) in [5.74, 6) is 3.95. The predicted octanol–water partition coefficient (Wildman–Crippen LogP) is 10.7. The van der Waals surface area contributed by atoms with E-state index in [1.165, 1.54) is 15.6 Å². The van der Waals surface area contributed by atoms with Gasteiger partial charge in [-0.15, -0.1) is 0 Å². The number of nitrogens with zero attached hydrogens (tertiary/aromatic N) is 10. The first-order chi connectivity index (χ1) is 36.2. The summed E-state index contributed by atoms with van der Waals surface area (Å²) >= 11 is 0. The quantitative estimate of drug-likeness (QED) is 0.118. The molecular weight excluding hydrogens is 913 g/mol. The topological polar surface area (TPSA) is 79.6 Å². The Morgan fingerprint density at radius 3 is 1.03 bits per heavy atom. The van der Waals surface area contributed by atoms with Crippen LogP contribution in [-0.2, 0) is 0 Å². The fourth-order valence-corrected chi connectivity index (χ4v) is 16.7. The number of pyridine rings is 1. The Balaban J connectivity index is 1.07. The maximum absolute atomic E-state index is 5.83. The van der Waals surface area contributed by atoms with Gasteiger partial charge < -0.3 is 0 Å². The summed E-state index contributed by atoms with van der Waals surface area (Å²) in [5, 5.41) is 4.83. The van der Waals surface area contributed by atoms with Crippen molar-refractivity contribution < 1.29 is 0 Å². The van der Waals surface area contributed by atoms with E-state index < -0.39 is 8.07 Å². The Bertz CT molecular complexity index is 4670. The molecule has 0 saturated carbocycles. The van der Waals surface area contributed by atoms with E-state index >= 15 is 0 Å². The molecule has 342 valence electrons. The van der Waals surface area contributed by atoms with Crippen molar-refractivity contribution in [3.8, 4) is 17.3 Å². The van der Waals surface area contributed by atoms with Gasteiger partial charge in [0.05, 0.1) is 66.2 Å². The molecule has 0 spiro atoms. The SMILES string of the molecule is c1ccc([Si](c2ccccc2)(c2cccc(-n3c4ccccc4n4c5ccccc5nc34)c2)c2cc(-n3c4ccccc4n4c5ccccc5nc34)nc(-n3c4ccccc4n4c5ccccc5nc34)c2)cc1. The second-order valence-electron chi connectivity index (χ2n) is 18.8. The Hall–Kier alpha value is -9.84. The molecule has 0 aliphatic rings. The van der Waals surface area contributed by atoms with Crippen molar-refractivity contribution in [3.05, 3.63) is 243 Å². The molecule has 0 bridgehead atoms. The first-order valence-electron chi connectivity index (χ1n) is 24.6. The highest BCUT2D eigenvalue weighted by molar-refractivity contribution is 7.20. The molecule has 0 saturated heterocycles. The lowest BCUT2D eigenvalue weighted by Crippen LogP contribution is -2.75. The Morgan fingerprint density at radius 1 is 0.247 bits per heavy atom. The largest absolute Gasteiger partial charge is 0.278 e. The normalized spacial score (nSPS) is 12.4. The lowest BCUT2D eigenvalue weighted by atomic mass is 10.2. The lowest BCUT2D eigenvalue weighted by molar-refractivity contribution is 0.985. The minimum Gasteiger partial charge on any atom is -0.278 e. The van der Waals surface area contributed by atoms with Crippen LogP contribution in [0.3, 0.4) is 0 Å². The van der Waals surface area contributed by atoms with Crippen molar-refractivity contribution in [1.82, 2.24) is 46.8 Å². The predicted molar refractivity (Wildman–Crippen MR) is 297 cm³/mol. The summed E-state index contributed by atoms with van der Waals surface area (Å²) in [5.41, 5.74) is 13.3. The molecule has 0 amide bonds. The van der Waals surface area contributed by atoms with Crippen LogP contribution in [0.15, 0.2) is 243 Å². The third-order valence-electron chi connectivity index (χ3n) is 15.0. The van der Waals surface area contributed by atoms with Gasteiger partial charge in [-0.2, -0.15) is 0 Å². The van der Waals surface area contributed by atoms with Crippen molar-refractivity contribution >= 4 is 112 Å². The Kier molecular flexibility index (Phi) is 8.25. The first-order valence-corrected chi connectivity index (χ1v) is 26.6. The molecule has 7 aromatic heterocycles. The highest BCUT2D eigenvalue weighted by atomic mass is 28.3. The van der Waals surface area contributed by atoms with Gasteiger partial charge in [0, 0.05) is 5.69 Å². The molecule has 0 fully saturated rings. The monoisotopic (exact) mass is 952 g/mol. The Morgan fingerprint density at radius 2 is 0.589 bits per heavy atom. The number of para-hydroxylation sites is 12. The van der Waals surface area contributed by atoms with Crippen LogP contribution in [0.1, 0.15) is 0 Å². The van der Waals surface area contributed by atoms with E-state index in [0.717, 1.165) is 106 Å². The van der Waals surface area contributed by atoms with E-state index in [9.17, 15) is 0 Å². The van der Waals surface area contributed by atoms with E-state index in [4.69, 9.17) is 19.9 Å². The first kappa shape index (κ1) is 39.9. The fourth-order valence-electron chi connectivity index (χ4n) is 12.0. The number of rotatable bonds is 7. The van der Waals surface area contributed by atoms with Gasteiger partial charge in [0.15, 0.2) is 8.07 Å². The van der Waals surface area contributed by atoms with Crippen LogP contribution >= 0.6 is 0 Å². The molecule has 0 unspecified atom stereocenters. The molecule has 73 heavy (non-hydrogen) atoms. The Labute approximate surface area is 417 Å². The van der Waals surface area contributed by atoms with Crippen molar-refractivity contribution in [2.75, 3.05) is 0 Å². The number of imidazole rings is 6. The molecular formula is C62H40N10Si. The molecule has 9 aromatic carbocycles. The van der Waals surface area contributed by atoms with Crippen LogP contribution < -0.4 is 20.7 Å². The maximum Gasteiger partial charge on any atom is 0.221 e. The van der Waals surface area contributed by atoms with Crippen LogP contribution in [0.2, 0.25) is 0 Å². The van der Waals surface area contributed by atoms with Gasteiger partial charge in [-0.3, -0.25) is 26.9 Å². The van der Waals surface area contributed by atoms with Gasteiger partial charge >= 0.3 is 0 Å². The molecule has 11 heteroatoms. The molecule has 16 aromatic rings. The zero-order valence-corrected chi connectivity index (χ0v) is 40.1. The highest BCUT2D eigenvalue weighted by Gasteiger charge is 2.43. The van der Waals surface area contributed by atoms with E-state index in [0.29, 0.717) is 0 Å². The van der Waals surface area contributed by atoms with Crippen molar-refractivity contribution in [2.24, 2.45) is 0 Å². The second-order valence-corrected chi connectivity index (χ2v) is 22.6. The smallest absolute Gasteiger partial charge is 0.221 e. The summed E-state index contributed by atoms with van der Waals surface area (Å²) in [7, 11) is -3.39. The molecule has 0 aliphatic heterocycles. The molecule has 7 heterocycles. The molecule has 16 rings (SSSR count). The minimum absolute atomic E-state index is 0.753. The number of benzene rings is 9. The average molecular weight is 953 g/mol. The summed E-state index contributed by atoms with van der Waals surface area (Å²) in [6, 6.07) is 87.1. The van der Waals surface area contributed by atoms with Gasteiger partial charge in [0.2, 0.25) is 17.3 Å². The standard InChI is InChI=1S/C62H40N10Si/c1-3-21-42(22-4-1)73(43-23-5-2-6-24-43,44-25-19-20-41(38-44)67-52-32-13-14-33-53(52)68-49-29-10-7-26-46(49)63-60(67)68)45-39-58(71-56-36-17-15-34-54(56)69-50-30-11-8-27-47(50)64-61(69)71)66-59(40-45)72-57-37-18-16-35-55(57)70-51-31-12-9-28-48(51)65-62(70)72/h1-40H. The summed E-state index contributed by atoms with van der Waals surface area (Å²) in [6.07, 6.45) is 0. The van der Waals surface area contributed by atoms with Crippen LogP contribution in [0, 0.1) is 0 Å². The number of hydrogen-bond donors (Lipinski definition) is 0. The van der Waals surface area contributed by atoms with E-state index in [2.05, 4.69) is 270 Å². The van der Waals surface area contributed by atoms with Crippen LogP contribution in [0.5, 0.6) is 0 Å². The van der Waals surface area contributed by atoms with Crippen molar-refractivity contribution in [3.63, 3.8) is 0 Å².